The first-order valence-electron chi connectivity index (χ1n) is 11.5. The Kier molecular flexibility index (Phi) is 11.3. The van der Waals surface area contributed by atoms with E-state index in [1.807, 2.05) is 39.0 Å². The number of methoxy groups -OCH3 is 1. The number of likely N-dealkylation sites (tertiary alicyclic amines) is 1. The van der Waals surface area contributed by atoms with Crippen molar-refractivity contribution < 1.29 is 13.9 Å². The topological polar surface area (TPSA) is 84.2 Å². The van der Waals surface area contributed by atoms with Crippen molar-refractivity contribution in [1.82, 2.24) is 15.2 Å². The molecule has 3 rings (SSSR count). The number of hydrogen-bond donors (Lipinski definition) is 2. The fraction of sp³-hybridized carbons (Fsp3) is 0.583. The quantitative estimate of drug-likeness (QED) is 0.259. The van der Waals surface area contributed by atoms with E-state index in [0.717, 1.165) is 80.3 Å². The first-order valence-corrected chi connectivity index (χ1v) is 11.5. The van der Waals surface area contributed by atoms with Crippen molar-refractivity contribution in [1.29, 1.82) is 0 Å². The van der Waals surface area contributed by atoms with Crippen molar-refractivity contribution in [2.24, 2.45) is 10.9 Å². The third-order valence-corrected chi connectivity index (χ3v) is 5.72. The molecule has 2 N–H and O–H groups in total. The second kappa shape index (κ2) is 13.6. The summed E-state index contributed by atoms with van der Waals surface area (Å²) in [6.45, 7) is 13.1. The summed E-state index contributed by atoms with van der Waals surface area (Å²) >= 11 is 0. The summed E-state index contributed by atoms with van der Waals surface area (Å²) in [6.07, 6.45) is 2.25. The molecule has 0 saturated carbocycles. The molecule has 0 amide bonds. The van der Waals surface area contributed by atoms with Gasteiger partial charge < -0.3 is 24.5 Å². The van der Waals surface area contributed by atoms with E-state index in [4.69, 9.17) is 18.9 Å². The van der Waals surface area contributed by atoms with Crippen LogP contribution in [-0.4, -0.2) is 55.7 Å². The van der Waals surface area contributed by atoms with Crippen molar-refractivity contribution in [3.63, 3.8) is 0 Å². The Bertz CT molecular complexity index is 875. The minimum atomic E-state index is 0. The van der Waals surface area contributed by atoms with Crippen LogP contribution in [0.4, 0.5) is 5.69 Å². The van der Waals surface area contributed by atoms with Crippen molar-refractivity contribution in [2.45, 2.75) is 47.1 Å². The van der Waals surface area contributed by atoms with Gasteiger partial charge in [-0.1, -0.05) is 0 Å². The minimum absolute atomic E-state index is 0. The molecule has 0 bridgehead atoms. The highest BCUT2D eigenvalue weighted by atomic mass is 127. The van der Waals surface area contributed by atoms with Gasteiger partial charge in [0.15, 0.2) is 17.5 Å². The molecule has 1 aromatic heterocycles. The van der Waals surface area contributed by atoms with E-state index in [-0.39, 0.29) is 24.0 Å². The van der Waals surface area contributed by atoms with E-state index in [1.165, 1.54) is 0 Å². The molecule has 2 aromatic rings. The molecule has 1 aliphatic rings. The number of nitrogens with one attached hydrogen (secondary N) is 2. The van der Waals surface area contributed by atoms with Gasteiger partial charge in [-0.15, -0.1) is 24.0 Å². The molecular formula is C24H38IN5O3. The molecule has 2 heterocycles. The Hall–Kier alpha value is -2.01. The van der Waals surface area contributed by atoms with Crippen LogP contribution in [0.15, 0.2) is 27.6 Å². The monoisotopic (exact) mass is 571 g/mol. The van der Waals surface area contributed by atoms with Gasteiger partial charge >= 0.3 is 0 Å². The van der Waals surface area contributed by atoms with Crippen molar-refractivity contribution >= 4 is 35.6 Å². The highest BCUT2D eigenvalue weighted by Crippen LogP contribution is 2.30. The summed E-state index contributed by atoms with van der Waals surface area (Å²) in [4.78, 5) is 11.8. The number of guanidine groups is 1. The van der Waals surface area contributed by atoms with E-state index in [2.05, 4.69) is 27.4 Å². The zero-order chi connectivity index (χ0) is 22.9. The van der Waals surface area contributed by atoms with Gasteiger partial charge in [-0.3, -0.25) is 9.89 Å². The van der Waals surface area contributed by atoms with Crippen LogP contribution in [-0.2, 0) is 6.54 Å². The lowest BCUT2D eigenvalue weighted by atomic mass is 9.97. The van der Waals surface area contributed by atoms with Gasteiger partial charge in [-0.25, -0.2) is 4.98 Å². The highest BCUT2D eigenvalue weighted by molar-refractivity contribution is 14.0. The van der Waals surface area contributed by atoms with E-state index >= 15 is 0 Å². The Morgan fingerprint density at radius 3 is 2.58 bits per heavy atom. The molecule has 1 fully saturated rings. The predicted octanol–water partition coefficient (Wildman–Crippen LogP) is 4.61. The maximum atomic E-state index is 5.74. The molecule has 9 heteroatoms. The van der Waals surface area contributed by atoms with Crippen LogP contribution in [0, 0.1) is 19.8 Å². The number of rotatable bonds is 9. The second-order valence-corrected chi connectivity index (χ2v) is 8.11. The number of anilines is 1. The summed E-state index contributed by atoms with van der Waals surface area (Å²) in [5.74, 6) is 4.54. The summed E-state index contributed by atoms with van der Waals surface area (Å²) in [5.41, 5.74) is 1.90. The lowest BCUT2D eigenvalue weighted by molar-refractivity contribution is 0.166. The molecule has 0 aliphatic carbocycles. The lowest BCUT2D eigenvalue weighted by Crippen LogP contribution is -2.35. The average Bonchev–Trinajstić information content (AvgIpc) is 3.11. The summed E-state index contributed by atoms with van der Waals surface area (Å²) < 4.78 is 16.8. The fourth-order valence-electron chi connectivity index (χ4n) is 3.81. The molecule has 0 atom stereocenters. The van der Waals surface area contributed by atoms with Gasteiger partial charge in [0.1, 0.15) is 5.76 Å². The molecule has 184 valence electrons. The van der Waals surface area contributed by atoms with E-state index in [9.17, 15) is 0 Å². The van der Waals surface area contributed by atoms with Crippen LogP contribution in [0.2, 0.25) is 0 Å². The summed E-state index contributed by atoms with van der Waals surface area (Å²) in [5, 5.41) is 6.72. The molecule has 0 spiro atoms. The average molecular weight is 572 g/mol. The van der Waals surface area contributed by atoms with Gasteiger partial charge in [0.05, 0.1) is 26.0 Å². The summed E-state index contributed by atoms with van der Waals surface area (Å²) in [6, 6.07) is 5.83. The number of halogens is 1. The van der Waals surface area contributed by atoms with Gasteiger partial charge in [0.2, 0.25) is 5.89 Å². The molecule has 1 aliphatic heterocycles. The third-order valence-electron chi connectivity index (χ3n) is 5.72. The number of benzene rings is 1. The Labute approximate surface area is 214 Å². The number of aromatic nitrogens is 1. The number of aliphatic imine (C=N–C) groups is 1. The number of hydrogen-bond acceptors (Lipinski definition) is 6. The Balaban J connectivity index is 0.00000385. The number of piperidine rings is 1. The summed E-state index contributed by atoms with van der Waals surface area (Å²) in [7, 11) is 1.65. The maximum Gasteiger partial charge on any atom is 0.208 e. The van der Waals surface area contributed by atoms with Crippen molar-refractivity contribution in [3.05, 3.63) is 35.5 Å². The zero-order valence-corrected chi connectivity index (χ0v) is 22.8. The van der Waals surface area contributed by atoms with Gasteiger partial charge in [-0.2, -0.15) is 0 Å². The standard InChI is InChI=1S/C24H37N5O3.HI/c1-6-25-24(28-20-8-9-21(31-7-2)22(14-20)30-5)26-15-19-10-12-29(13-11-19)16-23-27-17(3)18(4)32-23;/h8-9,14,19H,6-7,10-13,15-16H2,1-5H3,(H2,25,26,28);1H. The zero-order valence-electron chi connectivity index (χ0n) is 20.4. The third kappa shape index (κ3) is 8.06. The molecule has 0 unspecified atom stereocenters. The SMILES string of the molecule is CCNC(=NCC1CCN(Cc2nc(C)c(C)o2)CC1)Nc1ccc(OCC)c(OC)c1.I. The fourth-order valence-corrected chi connectivity index (χ4v) is 3.81. The molecule has 33 heavy (non-hydrogen) atoms. The molecular weight excluding hydrogens is 533 g/mol. The molecule has 0 radical (unpaired) electrons. The molecule has 8 nitrogen and oxygen atoms in total. The van der Waals surface area contributed by atoms with Gasteiger partial charge in [0.25, 0.3) is 0 Å². The van der Waals surface area contributed by atoms with E-state index in [0.29, 0.717) is 18.3 Å². The van der Waals surface area contributed by atoms with Crippen LogP contribution >= 0.6 is 24.0 Å². The number of aryl methyl sites for hydroxylation is 2. The van der Waals surface area contributed by atoms with E-state index in [1.54, 1.807) is 7.11 Å². The van der Waals surface area contributed by atoms with Crippen LogP contribution in [0.1, 0.15) is 44.0 Å². The minimum Gasteiger partial charge on any atom is -0.493 e. The number of oxazole rings is 1. The lowest BCUT2D eigenvalue weighted by Gasteiger charge is -2.30. The van der Waals surface area contributed by atoms with Crippen LogP contribution in [0.25, 0.3) is 0 Å². The normalized spacial score (nSPS) is 15.1. The highest BCUT2D eigenvalue weighted by Gasteiger charge is 2.21. The first-order chi connectivity index (χ1) is 15.5. The second-order valence-electron chi connectivity index (χ2n) is 8.11. The van der Waals surface area contributed by atoms with Crippen LogP contribution in [0.3, 0.4) is 0 Å². The number of nitrogens with zero attached hydrogens (tertiary/aromatic N) is 3. The van der Waals surface area contributed by atoms with Gasteiger partial charge in [-0.05, 0) is 71.7 Å². The van der Waals surface area contributed by atoms with Gasteiger partial charge in [0, 0.05) is 24.8 Å². The molecule has 1 aromatic carbocycles. The van der Waals surface area contributed by atoms with Crippen LogP contribution in [0.5, 0.6) is 11.5 Å². The van der Waals surface area contributed by atoms with Crippen molar-refractivity contribution in [3.8, 4) is 11.5 Å². The van der Waals surface area contributed by atoms with Crippen LogP contribution < -0.4 is 20.1 Å². The number of ether oxygens (including phenoxy) is 2. The smallest absolute Gasteiger partial charge is 0.208 e. The van der Waals surface area contributed by atoms with Crippen molar-refractivity contribution in [2.75, 3.05) is 45.2 Å². The predicted molar refractivity (Wildman–Crippen MR) is 143 cm³/mol. The Morgan fingerprint density at radius 1 is 1.21 bits per heavy atom. The van der Waals surface area contributed by atoms with E-state index < -0.39 is 0 Å². The first kappa shape index (κ1) is 27.2. The molecule has 1 saturated heterocycles. The maximum absolute atomic E-state index is 5.74. The Morgan fingerprint density at radius 2 is 1.97 bits per heavy atom. The largest absolute Gasteiger partial charge is 0.493 e.